The molecule has 1 aromatic carbocycles. The van der Waals surface area contributed by atoms with Gasteiger partial charge in [0.15, 0.2) is 0 Å². The highest BCUT2D eigenvalue weighted by atomic mass is 79.9. The van der Waals surface area contributed by atoms with Crippen LogP contribution in [0, 0.1) is 5.92 Å². The van der Waals surface area contributed by atoms with Crippen molar-refractivity contribution in [1.29, 1.82) is 0 Å². The van der Waals surface area contributed by atoms with Gasteiger partial charge in [0, 0.05) is 41.4 Å². The van der Waals surface area contributed by atoms with E-state index in [2.05, 4.69) is 65.6 Å². The number of hydrogen-bond donors (Lipinski definition) is 2. The second-order valence-corrected chi connectivity index (χ2v) is 11.4. The van der Waals surface area contributed by atoms with Gasteiger partial charge in [-0.1, -0.05) is 12.1 Å². The Morgan fingerprint density at radius 3 is 2.57 bits per heavy atom. The van der Waals surface area contributed by atoms with Crippen molar-refractivity contribution < 1.29 is 0 Å². The number of thiophene rings is 1. The van der Waals surface area contributed by atoms with Gasteiger partial charge in [0.05, 0.1) is 9.30 Å². The number of para-hydroxylation sites is 1. The number of benzene rings is 1. The number of aromatic nitrogens is 2. The third kappa shape index (κ3) is 5.33. The molecule has 0 atom stereocenters. The summed E-state index contributed by atoms with van der Waals surface area (Å²) in [5.74, 6) is 2.45. The average Bonchev–Trinajstić information content (AvgIpc) is 3.06. The maximum absolute atomic E-state index is 4.79. The van der Waals surface area contributed by atoms with E-state index < -0.39 is 0 Å². The van der Waals surface area contributed by atoms with Gasteiger partial charge in [-0.2, -0.15) is 4.98 Å². The molecule has 0 bridgehead atoms. The third-order valence-corrected chi connectivity index (χ3v) is 8.87. The molecule has 4 rings (SSSR count). The fourth-order valence-corrected chi connectivity index (χ4v) is 6.18. The lowest BCUT2D eigenvalue weighted by Gasteiger charge is -2.29. The van der Waals surface area contributed by atoms with Crippen LogP contribution in [0.5, 0.6) is 0 Å². The SMILES string of the molecule is CN(C)c1nc(N[C@H]2CC[C@@H](CNCc3cc(Br)c(Br)s3)CC2)nc2ccccc12. The Hall–Kier alpha value is -1.22. The van der Waals surface area contributed by atoms with Crippen LogP contribution in [0.4, 0.5) is 11.8 Å². The zero-order valence-corrected chi connectivity index (χ0v) is 21.3. The van der Waals surface area contributed by atoms with Crippen LogP contribution in [-0.2, 0) is 6.54 Å². The van der Waals surface area contributed by atoms with E-state index in [4.69, 9.17) is 9.97 Å². The molecule has 1 aliphatic rings. The van der Waals surface area contributed by atoms with Gasteiger partial charge >= 0.3 is 0 Å². The van der Waals surface area contributed by atoms with Crippen molar-refractivity contribution in [3.63, 3.8) is 0 Å². The summed E-state index contributed by atoms with van der Waals surface area (Å²) in [6.07, 6.45) is 4.79. The molecule has 2 heterocycles. The van der Waals surface area contributed by atoms with Crippen molar-refractivity contribution in [3.8, 4) is 0 Å². The molecule has 0 spiro atoms. The Morgan fingerprint density at radius 2 is 1.87 bits per heavy atom. The number of nitrogens with one attached hydrogen (secondary N) is 2. The number of halogens is 2. The zero-order chi connectivity index (χ0) is 21.1. The van der Waals surface area contributed by atoms with Gasteiger partial charge in [0.25, 0.3) is 0 Å². The molecule has 1 fully saturated rings. The first-order valence-corrected chi connectivity index (χ1v) is 12.7. The highest BCUT2D eigenvalue weighted by Gasteiger charge is 2.22. The molecular formula is C22H27Br2N5S. The molecule has 3 aromatic rings. The van der Waals surface area contributed by atoms with Crippen LogP contribution < -0.4 is 15.5 Å². The van der Waals surface area contributed by atoms with Crippen LogP contribution in [0.15, 0.2) is 38.6 Å². The molecule has 160 valence electrons. The topological polar surface area (TPSA) is 53.1 Å². The van der Waals surface area contributed by atoms with Crippen LogP contribution in [0.1, 0.15) is 30.6 Å². The van der Waals surface area contributed by atoms with Gasteiger partial charge < -0.3 is 15.5 Å². The molecule has 1 aliphatic carbocycles. The van der Waals surface area contributed by atoms with E-state index in [-0.39, 0.29) is 0 Å². The highest BCUT2D eigenvalue weighted by Crippen LogP contribution is 2.32. The summed E-state index contributed by atoms with van der Waals surface area (Å²) in [5.41, 5.74) is 0.989. The molecular weight excluding hydrogens is 526 g/mol. The molecule has 8 heteroatoms. The molecule has 0 unspecified atom stereocenters. The predicted octanol–water partition coefficient (Wildman–Crippen LogP) is 6.04. The summed E-state index contributed by atoms with van der Waals surface area (Å²) in [6, 6.07) is 10.8. The van der Waals surface area contributed by atoms with Crippen molar-refractivity contribution in [2.45, 2.75) is 38.3 Å². The maximum atomic E-state index is 4.79. The van der Waals surface area contributed by atoms with Gasteiger partial charge in [-0.3, -0.25) is 0 Å². The molecule has 30 heavy (non-hydrogen) atoms. The van der Waals surface area contributed by atoms with E-state index in [1.807, 2.05) is 26.2 Å². The second-order valence-electron chi connectivity index (χ2n) is 8.11. The molecule has 1 saturated carbocycles. The van der Waals surface area contributed by atoms with Gasteiger partial charge in [-0.15, -0.1) is 11.3 Å². The highest BCUT2D eigenvalue weighted by molar-refractivity contribution is 9.13. The van der Waals surface area contributed by atoms with E-state index in [9.17, 15) is 0 Å². The largest absolute Gasteiger partial charge is 0.362 e. The van der Waals surface area contributed by atoms with Crippen molar-refractivity contribution in [1.82, 2.24) is 15.3 Å². The van der Waals surface area contributed by atoms with Crippen LogP contribution in [0.2, 0.25) is 0 Å². The lowest BCUT2D eigenvalue weighted by Crippen LogP contribution is -2.31. The molecule has 0 aliphatic heterocycles. The number of hydrogen-bond acceptors (Lipinski definition) is 6. The first-order chi connectivity index (χ1) is 14.5. The second kappa shape index (κ2) is 9.94. The van der Waals surface area contributed by atoms with Crippen molar-refractivity contribution >= 4 is 65.9 Å². The van der Waals surface area contributed by atoms with Crippen LogP contribution in [-0.4, -0.2) is 36.6 Å². The van der Waals surface area contributed by atoms with E-state index >= 15 is 0 Å². The average molecular weight is 553 g/mol. The minimum absolute atomic E-state index is 0.446. The standard InChI is InChI=1S/C22H27Br2N5S/c1-29(2)21-17-5-3-4-6-19(17)27-22(28-21)26-15-9-7-14(8-10-15)12-25-13-16-11-18(23)20(24)30-16/h3-6,11,14-15,25H,7-10,12-13H2,1-2H3,(H,26,27,28)/t14-,15+. The van der Waals surface area contributed by atoms with Gasteiger partial charge in [-0.25, -0.2) is 4.98 Å². The fourth-order valence-electron chi connectivity index (χ4n) is 4.04. The summed E-state index contributed by atoms with van der Waals surface area (Å²) in [6.45, 7) is 2.02. The van der Waals surface area contributed by atoms with Gasteiger partial charge in [-0.05, 0) is 88.2 Å². The van der Waals surface area contributed by atoms with Crippen molar-refractivity contribution in [2.75, 3.05) is 30.9 Å². The van der Waals surface area contributed by atoms with E-state index in [1.54, 1.807) is 11.3 Å². The third-order valence-electron chi connectivity index (χ3n) is 5.62. The molecule has 0 amide bonds. The minimum Gasteiger partial charge on any atom is -0.362 e. The summed E-state index contributed by atoms with van der Waals surface area (Å²) in [5, 5.41) is 8.33. The number of nitrogens with zero attached hydrogens (tertiary/aromatic N) is 3. The van der Waals surface area contributed by atoms with Crippen molar-refractivity contribution in [2.24, 2.45) is 5.92 Å². The Kier molecular flexibility index (Phi) is 7.28. The first-order valence-electron chi connectivity index (χ1n) is 10.3. The Balaban J connectivity index is 1.29. The summed E-state index contributed by atoms with van der Waals surface area (Å²) in [4.78, 5) is 13.0. The lowest BCUT2D eigenvalue weighted by molar-refractivity contribution is 0.324. The predicted molar refractivity (Wildman–Crippen MR) is 135 cm³/mol. The van der Waals surface area contributed by atoms with E-state index in [0.29, 0.717) is 6.04 Å². The first kappa shape index (κ1) is 22.0. The summed E-state index contributed by atoms with van der Waals surface area (Å²) < 4.78 is 2.31. The molecule has 5 nitrogen and oxygen atoms in total. The molecule has 2 aromatic heterocycles. The minimum atomic E-state index is 0.446. The maximum Gasteiger partial charge on any atom is 0.225 e. The Bertz CT molecular complexity index is 979. The molecule has 0 radical (unpaired) electrons. The fraction of sp³-hybridized carbons (Fsp3) is 0.455. The lowest BCUT2D eigenvalue weighted by atomic mass is 9.86. The zero-order valence-electron chi connectivity index (χ0n) is 17.3. The van der Waals surface area contributed by atoms with Gasteiger partial charge in [0.2, 0.25) is 5.95 Å². The van der Waals surface area contributed by atoms with Crippen LogP contribution in [0.25, 0.3) is 10.9 Å². The monoisotopic (exact) mass is 551 g/mol. The number of anilines is 2. The number of fused-ring (bicyclic) bond motifs is 1. The van der Waals surface area contributed by atoms with Gasteiger partial charge in [0.1, 0.15) is 5.82 Å². The Labute approximate surface area is 198 Å². The van der Waals surface area contributed by atoms with Crippen molar-refractivity contribution in [3.05, 3.63) is 43.5 Å². The van der Waals surface area contributed by atoms with Crippen LogP contribution >= 0.6 is 43.2 Å². The quantitative estimate of drug-likeness (QED) is 0.374. The normalized spacial score (nSPS) is 19.2. The number of rotatable bonds is 7. The molecule has 0 saturated heterocycles. The van der Waals surface area contributed by atoms with Crippen LogP contribution in [0.3, 0.4) is 0 Å². The molecule has 2 N–H and O–H groups in total. The summed E-state index contributed by atoms with van der Waals surface area (Å²) in [7, 11) is 4.06. The van der Waals surface area contributed by atoms with E-state index in [1.165, 1.54) is 21.5 Å². The van der Waals surface area contributed by atoms with E-state index in [0.717, 1.165) is 59.0 Å². The smallest absolute Gasteiger partial charge is 0.225 e. The Morgan fingerprint density at radius 1 is 1.10 bits per heavy atom. The summed E-state index contributed by atoms with van der Waals surface area (Å²) >= 11 is 8.91.